The van der Waals surface area contributed by atoms with E-state index in [1.807, 2.05) is 42.5 Å². The Bertz CT molecular complexity index is 2190. The van der Waals surface area contributed by atoms with Crippen LogP contribution in [-0.2, 0) is 64.6 Å². The molecule has 0 spiro atoms. The number of aliphatic hydroxyl groups excluding tert-OH is 3. The average Bonchev–Trinajstić information content (AvgIpc) is 3.34. The summed E-state index contributed by atoms with van der Waals surface area (Å²) >= 11 is 0. The van der Waals surface area contributed by atoms with E-state index in [9.17, 15) is 24.9 Å². The van der Waals surface area contributed by atoms with E-state index < -0.39 is 11.9 Å². The molecular weight excluding hydrogens is 845 g/mol. The summed E-state index contributed by atoms with van der Waals surface area (Å²) in [6.07, 6.45) is 6.45. The first-order chi connectivity index (χ1) is 31.9. The SMILES string of the molecule is COc1cc(CC2c3cc(CO)c(CO)cc3CC[N+]2(C)CCCOC(=O)/C=C\C(=O)OCCC[N+]2(C)CCc3cc(OC)c(OC)cc3C2Cc2ccc(OC)c(OC)c2)ccc1CO. The molecule has 6 rings (SSSR count). The number of quaternary nitrogens is 2. The Morgan fingerprint density at radius 2 is 0.985 bits per heavy atom. The van der Waals surface area contributed by atoms with E-state index in [4.69, 9.17) is 33.2 Å². The number of ether oxygens (including phenoxy) is 7. The second-order valence-electron chi connectivity index (χ2n) is 17.7. The second-order valence-corrected chi connectivity index (χ2v) is 17.7. The van der Waals surface area contributed by atoms with Gasteiger partial charge in [-0.25, -0.2) is 9.59 Å². The van der Waals surface area contributed by atoms with Gasteiger partial charge in [0.25, 0.3) is 0 Å². The summed E-state index contributed by atoms with van der Waals surface area (Å²) in [5.41, 5.74) is 8.93. The van der Waals surface area contributed by atoms with Crippen molar-refractivity contribution in [3.63, 3.8) is 0 Å². The number of hydrogen-bond donors (Lipinski definition) is 3. The van der Waals surface area contributed by atoms with E-state index in [0.717, 1.165) is 78.9 Å². The number of nitrogens with zero attached hydrogens (tertiary/aromatic N) is 2. The molecule has 3 N–H and O–H groups in total. The first-order valence-corrected chi connectivity index (χ1v) is 22.6. The van der Waals surface area contributed by atoms with Crippen LogP contribution in [-0.4, -0.2) is 125 Å². The number of rotatable bonds is 22. The molecule has 0 bridgehead atoms. The van der Waals surface area contributed by atoms with Gasteiger partial charge in [-0.15, -0.1) is 0 Å². The summed E-state index contributed by atoms with van der Waals surface area (Å²) in [6, 6.07) is 20.1. The molecule has 0 fully saturated rings. The van der Waals surface area contributed by atoms with Gasteiger partial charge < -0.3 is 57.4 Å². The Hall–Kier alpha value is -5.64. The molecule has 4 aromatic carbocycles. The number of hydrogen-bond acceptors (Lipinski definition) is 12. The molecule has 0 radical (unpaired) electrons. The van der Waals surface area contributed by atoms with Gasteiger partial charge in [-0.05, 0) is 69.8 Å². The number of methoxy groups -OCH3 is 5. The van der Waals surface area contributed by atoms with Crippen molar-refractivity contribution in [2.45, 2.75) is 70.4 Å². The maximum Gasteiger partial charge on any atom is 0.331 e. The highest BCUT2D eigenvalue weighted by Crippen LogP contribution is 2.44. The highest BCUT2D eigenvalue weighted by atomic mass is 16.5. The van der Waals surface area contributed by atoms with Crippen LogP contribution < -0.4 is 23.7 Å². The zero-order chi connectivity index (χ0) is 47.4. The summed E-state index contributed by atoms with van der Waals surface area (Å²) in [5, 5.41) is 30.0. The van der Waals surface area contributed by atoms with E-state index in [0.29, 0.717) is 74.6 Å². The third-order valence-corrected chi connectivity index (χ3v) is 13.8. The number of carbonyl (C=O) groups is 2. The topological polar surface area (TPSA) is 159 Å². The maximum absolute atomic E-state index is 12.8. The molecular formula is C52H68N2O12+2. The molecule has 0 saturated carbocycles. The lowest BCUT2D eigenvalue weighted by Gasteiger charge is -2.46. The van der Waals surface area contributed by atoms with E-state index in [1.54, 1.807) is 35.5 Å². The third kappa shape index (κ3) is 11.5. The third-order valence-electron chi connectivity index (χ3n) is 13.8. The lowest BCUT2D eigenvalue weighted by molar-refractivity contribution is -0.941. The fourth-order valence-electron chi connectivity index (χ4n) is 9.91. The van der Waals surface area contributed by atoms with E-state index >= 15 is 0 Å². The van der Waals surface area contributed by atoms with E-state index in [-0.39, 0.29) is 45.1 Å². The Kier molecular flexibility index (Phi) is 17.1. The van der Waals surface area contributed by atoms with Crippen molar-refractivity contribution in [3.05, 3.63) is 123 Å². The molecule has 0 aromatic heterocycles. The van der Waals surface area contributed by atoms with Gasteiger partial charge in [0.1, 0.15) is 17.8 Å². The monoisotopic (exact) mass is 912 g/mol. The molecule has 14 nitrogen and oxygen atoms in total. The first kappa shape index (κ1) is 49.8. The van der Waals surface area contributed by atoms with Gasteiger partial charge >= 0.3 is 11.9 Å². The van der Waals surface area contributed by atoms with Gasteiger partial charge in [-0.3, -0.25) is 0 Å². The highest BCUT2D eigenvalue weighted by molar-refractivity contribution is 5.91. The van der Waals surface area contributed by atoms with Gasteiger partial charge in [0.2, 0.25) is 0 Å². The minimum atomic E-state index is -0.620. The predicted octanol–water partition coefficient (Wildman–Crippen LogP) is 5.90. The molecule has 0 aliphatic carbocycles. The molecule has 2 aliphatic heterocycles. The van der Waals surface area contributed by atoms with Crippen LogP contribution in [0.4, 0.5) is 0 Å². The van der Waals surface area contributed by atoms with Gasteiger partial charge in [-0.1, -0.05) is 24.3 Å². The fourth-order valence-corrected chi connectivity index (χ4v) is 9.91. The largest absolute Gasteiger partial charge is 0.496 e. The lowest BCUT2D eigenvalue weighted by Crippen LogP contribution is -2.52. The van der Waals surface area contributed by atoms with Crippen LogP contribution in [0, 0.1) is 0 Å². The molecule has 356 valence electrons. The van der Waals surface area contributed by atoms with E-state index in [2.05, 4.69) is 32.3 Å². The first-order valence-electron chi connectivity index (χ1n) is 22.6. The predicted molar refractivity (Wildman–Crippen MR) is 249 cm³/mol. The zero-order valence-corrected chi connectivity index (χ0v) is 39.6. The van der Waals surface area contributed by atoms with Crippen molar-refractivity contribution in [1.29, 1.82) is 0 Å². The van der Waals surface area contributed by atoms with E-state index in [1.165, 1.54) is 11.1 Å². The van der Waals surface area contributed by atoms with Crippen LogP contribution in [0.2, 0.25) is 0 Å². The van der Waals surface area contributed by atoms with Crippen LogP contribution in [0.3, 0.4) is 0 Å². The van der Waals surface area contributed by atoms with Crippen molar-refractivity contribution in [2.24, 2.45) is 0 Å². The van der Waals surface area contributed by atoms with Gasteiger partial charge in [0.15, 0.2) is 23.0 Å². The maximum atomic E-state index is 12.8. The summed E-state index contributed by atoms with van der Waals surface area (Å²) in [6.45, 7) is 3.03. The minimum absolute atomic E-state index is 0.00625. The summed E-state index contributed by atoms with van der Waals surface area (Å²) < 4.78 is 40.6. The van der Waals surface area contributed by atoms with Crippen LogP contribution >= 0.6 is 0 Å². The summed E-state index contributed by atoms with van der Waals surface area (Å²) in [7, 11) is 12.6. The molecule has 4 unspecified atom stereocenters. The number of carbonyl (C=O) groups excluding carboxylic acids is 2. The highest BCUT2D eigenvalue weighted by Gasteiger charge is 2.41. The van der Waals surface area contributed by atoms with Crippen molar-refractivity contribution < 1.29 is 67.0 Å². The van der Waals surface area contributed by atoms with Crippen LogP contribution in [0.5, 0.6) is 28.7 Å². The summed E-state index contributed by atoms with van der Waals surface area (Å²) in [5.74, 6) is 2.10. The van der Waals surface area contributed by atoms with Crippen LogP contribution in [0.15, 0.2) is 72.8 Å². The second kappa shape index (κ2) is 22.7. The molecule has 0 amide bonds. The average molecular weight is 913 g/mol. The molecule has 14 heteroatoms. The van der Waals surface area contributed by atoms with Crippen molar-refractivity contribution in [2.75, 3.05) is 89.0 Å². The van der Waals surface area contributed by atoms with Crippen LogP contribution in [0.25, 0.3) is 0 Å². The number of fused-ring (bicyclic) bond motifs is 2. The van der Waals surface area contributed by atoms with Crippen molar-refractivity contribution in [3.8, 4) is 28.7 Å². The Labute approximate surface area is 389 Å². The smallest absolute Gasteiger partial charge is 0.331 e. The van der Waals surface area contributed by atoms with Gasteiger partial charge in [-0.2, -0.15) is 0 Å². The summed E-state index contributed by atoms with van der Waals surface area (Å²) in [4.78, 5) is 25.6. The van der Waals surface area contributed by atoms with Gasteiger partial charge in [0.05, 0.1) is 109 Å². The number of benzene rings is 4. The molecule has 4 aromatic rings. The number of esters is 2. The number of aliphatic hydroxyl groups is 3. The van der Waals surface area contributed by atoms with Crippen molar-refractivity contribution >= 4 is 11.9 Å². The van der Waals surface area contributed by atoms with Crippen LogP contribution in [0.1, 0.15) is 75.0 Å². The minimum Gasteiger partial charge on any atom is -0.496 e. The Balaban J connectivity index is 1.04. The lowest BCUT2D eigenvalue weighted by atomic mass is 9.84. The molecule has 2 heterocycles. The molecule has 0 saturated heterocycles. The molecule has 4 atom stereocenters. The Morgan fingerprint density at radius 3 is 1.50 bits per heavy atom. The number of likely N-dealkylation sites (N-methyl/N-ethyl adjacent to an activating group) is 2. The standard InChI is InChI=1S/C52H68N2O12/c1-53(20-16-37-28-40(33-56)41(34-57)29-42(37)44(53)24-35-10-12-39(32-55)47(26-35)61-4)18-8-22-65-51(58)14-15-52(59)66-23-9-19-54(2)21-17-38-30-49(63-6)50(64-7)31-43(38)45(54)25-36-11-13-46(60-3)48(27-36)62-5/h10-15,26-31,44-45,55-57H,8-9,16-25,32-34H2,1-7H3/q+2/b15-14-. The molecule has 66 heavy (non-hydrogen) atoms. The van der Waals surface area contributed by atoms with Crippen molar-refractivity contribution in [1.82, 2.24) is 0 Å². The Morgan fingerprint density at radius 1 is 0.545 bits per heavy atom. The van der Waals surface area contributed by atoms with Gasteiger partial charge in [0, 0.05) is 67.4 Å². The molecule has 2 aliphatic rings. The quantitative estimate of drug-likeness (QED) is 0.0372. The zero-order valence-electron chi connectivity index (χ0n) is 39.6. The normalized spacial score (nSPS) is 20.0. The fraction of sp³-hybridized carbons (Fsp3) is 0.462.